The Morgan fingerprint density at radius 3 is 2.26 bits per heavy atom. The lowest BCUT2D eigenvalue weighted by Crippen LogP contribution is -2.40. The molecule has 8 nitrogen and oxygen atoms in total. The molecule has 1 saturated carbocycles. The van der Waals surface area contributed by atoms with E-state index in [9.17, 15) is 24.6 Å². The third-order valence-electron chi connectivity index (χ3n) is 7.69. The molecule has 3 aromatic rings. The number of carbonyl (C=O) groups is 3. The molecule has 0 aromatic heterocycles. The summed E-state index contributed by atoms with van der Waals surface area (Å²) in [5.41, 5.74) is 3.70. The highest BCUT2D eigenvalue weighted by Crippen LogP contribution is 2.26. The van der Waals surface area contributed by atoms with Crippen LogP contribution in [-0.2, 0) is 24.2 Å². The molecule has 0 saturated heterocycles. The van der Waals surface area contributed by atoms with Gasteiger partial charge in [-0.2, -0.15) is 0 Å². The van der Waals surface area contributed by atoms with Crippen molar-refractivity contribution in [3.8, 4) is 11.5 Å². The molecule has 0 radical (unpaired) electrons. The molecule has 2 unspecified atom stereocenters. The SMILES string of the molecule is CC(C)Cc1ccc(COc2ccc(CCCOc3ccc(C(=O)O)cc3C(=O)NC3CCCC(C(=O)O)C3)cc2)cc1. The number of aliphatic carboxylic acids is 1. The van der Waals surface area contributed by atoms with Crippen molar-refractivity contribution in [2.75, 3.05) is 6.61 Å². The van der Waals surface area contributed by atoms with Gasteiger partial charge >= 0.3 is 11.9 Å². The van der Waals surface area contributed by atoms with Crippen LogP contribution in [0.3, 0.4) is 0 Å². The highest BCUT2D eigenvalue weighted by atomic mass is 16.5. The van der Waals surface area contributed by atoms with E-state index in [1.807, 2.05) is 24.3 Å². The molecule has 1 aliphatic rings. The van der Waals surface area contributed by atoms with Crippen molar-refractivity contribution in [2.24, 2.45) is 11.8 Å². The van der Waals surface area contributed by atoms with Crippen LogP contribution in [0.25, 0.3) is 0 Å². The minimum atomic E-state index is -1.14. The van der Waals surface area contributed by atoms with Crippen LogP contribution in [0.1, 0.15) is 83.4 Å². The molecule has 0 spiro atoms. The van der Waals surface area contributed by atoms with Gasteiger partial charge in [0.15, 0.2) is 0 Å². The van der Waals surface area contributed by atoms with Crippen molar-refractivity contribution in [1.82, 2.24) is 5.32 Å². The molecule has 228 valence electrons. The first-order valence-electron chi connectivity index (χ1n) is 15.0. The van der Waals surface area contributed by atoms with Crippen LogP contribution in [0, 0.1) is 11.8 Å². The quantitative estimate of drug-likeness (QED) is 0.183. The Bertz CT molecular complexity index is 1380. The second kappa shape index (κ2) is 15.2. The number of carbonyl (C=O) groups excluding carboxylic acids is 1. The first-order valence-corrected chi connectivity index (χ1v) is 15.0. The van der Waals surface area contributed by atoms with Crippen LogP contribution < -0.4 is 14.8 Å². The average molecular weight is 588 g/mol. The van der Waals surface area contributed by atoms with Gasteiger partial charge in [-0.3, -0.25) is 9.59 Å². The Balaban J connectivity index is 1.27. The molecule has 3 N–H and O–H groups in total. The smallest absolute Gasteiger partial charge is 0.335 e. The highest BCUT2D eigenvalue weighted by Gasteiger charge is 2.29. The maximum absolute atomic E-state index is 13.1. The van der Waals surface area contributed by atoms with Crippen molar-refractivity contribution < 1.29 is 34.1 Å². The highest BCUT2D eigenvalue weighted by molar-refractivity contribution is 6.00. The summed E-state index contributed by atoms with van der Waals surface area (Å²) < 4.78 is 11.9. The first kappa shape index (κ1) is 31.6. The number of ether oxygens (including phenoxy) is 2. The number of amides is 1. The number of nitrogens with one attached hydrogen (secondary N) is 1. The van der Waals surface area contributed by atoms with Crippen molar-refractivity contribution in [1.29, 1.82) is 0 Å². The summed E-state index contributed by atoms with van der Waals surface area (Å²) in [4.78, 5) is 36.1. The fourth-order valence-corrected chi connectivity index (χ4v) is 5.40. The van der Waals surface area contributed by atoms with E-state index in [0.29, 0.717) is 57.0 Å². The van der Waals surface area contributed by atoms with E-state index >= 15 is 0 Å². The van der Waals surface area contributed by atoms with Crippen LogP contribution in [0.4, 0.5) is 0 Å². The lowest BCUT2D eigenvalue weighted by atomic mass is 9.85. The van der Waals surface area contributed by atoms with Crippen LogP contribution in [0.2, 0.25) is 0 Å². The van der Waals surface area contributed by atoms with E-state index in [1.165, 1.54) is 23.8 Å². The van der Waals surface area contributed by atoms with Gasteiger partial charge < -0.3 is 25.0 Å². The molecule has 2 atom stereocenters. The fraction of sp³-hybridized carbons (Fsp3) is 0.400. The third kappa shape index (κ3) is 9.60. The summed E-state index contributed by atoms with van der Waals surface area (Å²) in [5.74, 6) is -1.23. The van der Waals surface area contributed by atoms with E-state index in [2.05, 4.69) is 43.4 Å². The topological polar surface area (TPSA) is 122 Å². The van der Waals surface area contributed by atoms with Gasteiger partial charge in [0.05, 0.1) is 23.7 Å². The Labute approximate surface area is 253 Å². The van der Waals surface area contributed by atoms with Crippen molar-refractivity contribution in [2.45, 2.75) is 71.4 Å². The van der Waals surface area contributed by atoms with Gasteiger partial charge in [-0.15, -0.1) is 0 Å². The summed E-state index contributed by atoms with van der Waals surface area (Å²) >= 11 is 0. The van der Waals surface area contributed by atoms with E-state index in [0.717, 1.165) is 29.7 Å². The Morgan fingerprint density at radius 1 is 0.884 bits per heavy atom. The second-order valence-electron chi connectivity index (χ2n) is 11.7. The number of carboxylic acid groups (broad SMARTS) is 2. The number of benzene rings is 3. The molecule has 4 rings (SSSR count). The molecule has 0 aliphatic heterocycles. The van der Waals surface area contributed by atoms with Crippen LogP contribution >= 0.6 is 0 Å². The molecule has 3 aromatic carbocycles. The number of rotatable bonds is 14. The molecule has 1 fully saturated rings. The van der Waals surface area contributed by atoms with E-state index in [4.69, 9.17) is 9.47 Å². The van der Waals surface area contributed by atoms with Gasteiger partial charge in [0.1, 0.15) is 18.1 Å². The zero-order chi connectivity index (χ0) is 30.8. The minimum absolute atomic E-state index is 0.0185. The zero-order valence-corrected chi connectivity index (χ0v) is 24.9. The van der Waals surface area contributed by atoms with Crippen LogP contribution in [0.5, 0.6) is 11.5 Å². The van der Waals surface area contributed by atoms with Crippen molar-refractivity contribution >= 4 is 17.8 Å². The lowest BCUT2D eigenvalue weighted by molar-refractivity contribution is -0.143. The van der Waals surface area contributed by atoms with Gasteiger partial charge in [-0.25, -0.2) is 4.79 Å². The Kier molecular flexibility index (Phi) is 11.2. The number of carboxylic acids is 2. The Hall–Kier alpha value is -4.33. The molecule has 0 bridgehead atoms. The van der Waals surface area contributed by atoms with Gasteiger partial charge in [0, 0.05) is 6.04 Å². The minimum Gasteiger partial charge on any atom is -0.493 e. The second-order valence-corrected chi connectivity index (χ2v) is 11.7. The predicted octanol–water partition coefficient (Wildman–Crippen LogP) is 6.55. The molecular formula is C35H41NO7. The van der Waals surface area contributed by atoms with E-state index in [1.54, 1.807) is 0 Å². The molecular weight excluding hydrogens is 546 g/mol. The largest absolute Gasteiger partial charge is 0.493 e. The summed E-state index contributed by atoms with van der Waals surface area (Å²) in [6.07, 6.45) is 4.84. The molecule has 1 amide bonds. The van der Waals surface area contributed by atoms with Crippen molar-refractivity contribution in [3.05, 3.63) is 94.5 Å². The summed E-state index contributed by atoms with van der Waals surface area (Å²) in [7, 11) is 0. The van der Waals surface area contributed by atoms with E-state index < -0.39 is 23.8 Å². The predicted molar refractivity (Wildman–Crippen MR) is 164 cm³/mol. The van der Waals surface area contributed by atoms with Gasteiger partial charge in [-0.05, 0) is 91.5 Å². The number of aryl methyl sites for hydroxylation is 1. The zero-order valence-electron chi connectivity index (χ0n) is 24.9. The molecule has 8 heteroatoms. The normalized spacial score (nSPS) is 16.4. The van der Waals surface area contributed by atoms with Crippen LogP contribution in [-0.4, -0.2) is 40.7 Å². The lowest BCUT2D eigenvalue weighted by Gasteiger charge is -2.27. The van der Waals surface area contributed by atoms with Crippen LogP contribution in [0.15, 0.2) is 66.7 Å². The molecule has 0 heterocycles. The van der Waals surface area contributed by atoms with E-state index in [-0.39, 0.29) is 17.2 Å². The van der Waals surface area contributed by atoms with Gasteiger partial charge in [-0.1, -0.05) is 56.7 Å². The number of hydrogen-bond donors (Lipinski definition) is 3. The molecule has 43 heavy (non-hydrogen) atoms. The summed E-state index contributed by atoms with van der Waals surface area (Å²) in [6, 6.07) is 20.4. The van der Waals surface area contributed by atoms with Gasteiger partial charge in [0.25, 0.3) is 5.91 Å². The maximum Gasteiger partial charge on any atom is 0.335 e. The Morgan fingerprint density at radius 2 is 1.58 bits per heavy atom. The summed E-state index contributed by atoms with van der Waals surface area (Å²) in [6.45, 7) is 5.27. The maximum atomic E-state index is 13.1. The first-order chi connectivity index (χ1) is 20.7. The molecule has 1 aliphatic carbocycles. The average Bonchev–Trinajstić information content (AvgIpc) is 2.99. The third-order valence-corrected chi connectivity index (χ3v) is 7.69. The summed E-state index contributed by atoms with van der Waals surface area (Å²) in [5, 5.41) is 21.7. The number of hydrogen-bond acceptors (Lipinski definition) is 5. The van der Waals surface area contributed by atoms with Crippen molar-refractivity contribution in [3.63, 3.8) is 0 Å². The number of aromatic carboxylic acids is 1. The monoisotopic (exact) mass is 587 g/mol. The fourth-order valence-electron chi connectivity index (χ4n) is 5.40. The van der Waals surface area contributed by atoms with Gasteiger partial charge in [0.2, 0.25) is 0 Å². The standard InChI is InChI=1S/C35H41NO7/c1-23(2)19-25-8-10-26(11-9-25)22-43-30-15-12-24(13-16-30)5-4-18-42-32-17-14-28(35(40)41)21-31(32)33(37)36-29-7-3-6-27(20-29)34(38)39/h8-17,21,23,27,29H,3-7,18-20,22H2,1-2H3,(H,36,37)(H,38,39)(H,40,41).